The van der Waals surface area contributed by atoms with E-state index >= 15 is 0 Å². The Morgan fingerprint density at radius 1 is 1.22 bits per heavy atom. The predicted molar refractivity (Wildman–Crippen MR) is 123 cm³/mol. The van der Waals surface area contributed by atoms with Gasteiger partial charge in [-0.15, -0.1) is 11.3 Å². The lowest BCUT2D eigenvalue weighted by molar-refractivity contribution is -0.167. The Labute approximate surface area is 208 Å². The highest BCUT2D eigenvalue weighted by Gasteiger charge is 2.48. The number of ether oxygens (including phenoxy) is 2. The minimum absolute atomic E-state index is 0.213. The fourth-order valence-electron chi connectivity index (χ4n) is 3.89. The van der Waals surface area contributed by atoms with Gasteiger partial charge in [0.05, 0.1) is 41.9 Å². The van der Waals surface area contributed by atoms with Gasteiger partial charge in [0.25, 0.3) is 11.8 Å². The van der Waals surface area contributed by atoms with E-state index < -0.39 is 61.3 Å². The number of alkyl halides is 3. The molecule has 4 rings (SSSR count). The fourth-order valence-corrected chi connectivity index (χ4v) is 6.72. The lowest BCUT2D eigenvalue weighted by atomic mass is 10.1. The van der Waals surface area contributed by atoms with Crippen LogP contribution < -0.4 is 14.8 Å². The minimum atomic E-state index is -5.21. The van der Waals surface area contributed by atoms with Crippen LogP contribution in [0.5, 0.6) is 11.5 Å². The number of carbonyl (C=O) groups excluding carboxylic acids is 3. The van der Waals surface area contributed by atoms with E-state index in [0.29, 0.717) is 29.9 Å². The molecule has 1 aliphatic heterocycles. The topological polar surface area (TPSA) is 119 Å². The Morgan fingerprint density at radius 2 is 1.92 bits per heavy atom. The molecule has 2 aromatic rings. The van der Waals surface area contributed by atoms with Crippen LogP contribution in [0.3, 0.4) is 0 Å². The van der Waals surface area contributed by atoms with Crippen LogP contribution in [0.15, 0.2) is 23.6 Å². The van der Waals surface area contributed by atoms with Crippen molar-refractivity contribution >= 4 is 43.9 Å². The molecule has 0 radical (unpaired) electrons. The monoisotopic (exact) mass is 546 g/mol. The summed E-state index contributed by atoms with van der Waals surface area (Å²) in [4.78, 5) is 38.8. The summed E-state index contributed by atoms with van der Waals surface area (Å²) < 4.78 is 74.9. The molecule has 194 valence electrons. The Hall–Kier alpha value is -3.13. The van der Waals surface area contributed by atoms with E-state index in [1.165, 1.54) is 25.3 Å². The van der Waals surface area contributed by atoms with Gasteiger partial charge < -0.3 is 14.8 Å². The highest BCUT2D eigenvalue weighted by atomic mass is 32.2. The molecule has 1 atom stereocenters. The van der Waals surface area contributed by atoms with Crippen molar-refractivity contribution in [3.05, 3.63) is 40.3 Å². The number of thiophene rings is 1. The second kappa shape index (κ2) is 9.39. The van der Waals surface area contributed by atoms with Crippen molar-refractivity contribution in [1.29, 1.82) is 0 Å². The van der Waals surface area contributed by atoms with Gasteiger partial charge in [-0.2, -0.15) is 13.2 Å². The first kappa shape index (κ1) is 25.9. The number of sulfone groups is 1. The molecule has 1 aliphatic carbocycles. The first-order valence-electron chi connectivity index (χ1n) is 10.8. The summed E-state index contributed by atoms with van der Waals surface area (Å²) in [5.74, 6) is -4.14. The first-order valence-corrected chi connectivity index (χ1v) is 13.4. The Kier molecular flexibility index (Phi) is 6.77. The van der Waals surface area contributed by atoms with Gasteiger partial charge in [-0.05, 0) is 37.5 Å². The molecule has 2 aliphatic rings. The molecule has 0 unspecified atom stereocenters. The van der Waals surface area contributed by atoms with Crippen LogP contribution in [0.2, 0.25) is 0 Å². The van der Waals surface area contributed by atoms with E-state index in [0.717, 1.165) is 10.3 Å². The molecule has 1 aromatic heterocycles. The molecular weight excluding hydrogens is 525 g/mol. The van der Waals surface area contributed by atoms with Crippen molar-refractivity contribution in [1.82, 2.24) is 4.90 Å². The predicted octanol–water partition coefficient (Wildman–Crippen LogP) is 3.57. The standard InChI is InChI=1S/C22H21F3N2O7S2/c1-3-34-16-8-11(4-7-15(16)33-2)14(10-36(31,32)12-5-6-12)27-19(28)13-9-35-18(17(13)20(27)29)26-21(30)22(23,24)25/h4,7-9,12,14H,3,5-6,10H2,1-2H3,(H,26,30)/t14-/m0/s1. The van der Waals surface area contributed by atoms with Gasteiger partial charge in [0.1, 0.15) is 5.00 Å². The zero-order valence-electron chi connectivity index (χ0n) is 19.0. The summed E-state index contributed by atoms with van der Waals surface area (Å²) in [6.45, 7) is 1.98. The van der Waals surface area contributed by atoms with E-state index in [1.54, 1.807) is 12.2 Å². The number of benzene rings is 1. The highest BCUT2D eigenvalue weighted by Crippen LogP contribution is 2.42. The SMILES string of the molecule is CCOc1cc([C@H](CS(=O)(=O)C2CC2)N2C(=O)c3csc(NC(=O)C(F)(F)F)c3C2=O)ccc1OC. The van der Waals surface area contributed by atoms with Gasteiger partial charge >= 0.3 is 12.1 Å². The zero-order chi connectivity index (χ0) is 26.4. The molecular formula is C22H21F3N2O7S2. The first-order chi connectivity index (χ1) is 16.9. The van der Waals surface area contributed by atoms with Gasteiger partial charge in [0.2, 0.25) is 0 Å². The number of carbonyl (C=O) groups is 3. The third-order valence-electron chi connectivity index (χ3n) is 5.76. The van der Waals surface area contributed by atoms with E-state index in [4.69, 9.17) is 9.47 Å². The van der Waals surface area contributed by atoms with Crippen LogP contribution in [-0.2, 0) is 14.6 Å². The minimum Gasteiger partial charge on any atom is -0.493 e. The smallest absolute Gasteiger partial charge is 0.471 e. The van der Waals surface area contributed by atoms with Crippen molar-refractivity contribution < 1.29 is 45.4 Å². The third-order valence-corrected chi connectivity index (χ3v) is 8.93. The maximum absolute atomic E-state index is 13.4. The van der Waals surface area contributed by atoms with Crippen LogP contribution in [0.1, 0.15) is 52.1 Å². The van der Waals surface area contributed by atoms with E-state index in [2.05, 4.69) is 0 Å². The van der Waals surface area contributed by atoms with E-state index in [1.807, 2.05) is 0 Å². The highest BCUT2D eigenvalue weighted by molar-refractivity contribution is 7.92. The molecule has 1 aromatic carbocycles. The van der Waals surface area contributed by atoms with Crippen LogP contribution in [-0.4, -0.2) is 61.9 Å². The van der Waals surface area contributed by atoms with Crippen LogP contribution in [0.4, 0.5) is 18.2 Å². The number of hydrogen-bond acceptors (Lipinski definition) is 8. The average Bonchev–Trinajstić information content (AvgIpc) is 3.55. The lowest BCUT2D eigenvalue weighted by Crippen LogP contribution is -2.39. The van der Waals surface area contributed by atoms with Crippen molar-refractivity contribution in [2.45, 2.75) is 37.2 Å². The number of methoxy groups -OCH3 is 1. The molecule has 0 spiro atoms. The molecule has 36 heavy (non-hydrogen) atoms. The molecule has 0 saturated heterocycles. The number of nitrogens with one attached hydrogen (secondary N) is 1. The van der Waals surface area contributed by atoms with Crippen molar-refractivity contribution in [3.8, 4) is 11.5 Å². The molecule has 1 fully saturated rings. The molecule has 3 amide bonds. The van der Waals surface area contributed by atoms with Crippen molar-refractivity contribution in [3.63, 3.8) is 0 Å². The van der Waals surface area contributed by atoms with Gasteiger partial charge in [0, 0.05) is 5.38 Å². The molecule has 1 N–H and O–H groups in total. The van der Waals surface area contributed by atoms with E-state index in [9.17, 15) is 36.0 Å². The van der Waals surface area contributed by atoms with Gasteiger partial charge in [0.15, 0.2) is 21.3 Å². The number of rotatable bonds is 9. The van der Waals surface area contributed by atoms with Gasteiger partial charge in [-0.25, -0.2) is 8.42 Å². The van der Waals surface area contributed by atoms with Crippen LogP contribution in [0.25, 0.3) is 0 Å². The van der Waals surface area contributed by atoms with Crippen LogP contribution in [0, 0.1) is 0 Å². The van der Waals surface area contributed by atoms with Crippen molar-refractivity contribution in [2.24, 2.45) is 0 Å². The number of nitrogens with zero attached hydrogens (tertiary/aromatic N) is 1. The molecule has 2 heterocycles. The number of hydrogen-bond donors (Lipinski definition) is 1. The number of fused-ring (bicyclic) bond motifs is 1. The summed E-state index contributed by atoms with van der Waals surface area (Å²) in [6, 6.07) is 3.18. The number of imide groups is 1. The third kappa shape index (κ3) is 4.78. The fraction of sp³-hybridized carbons (Fsp3) is 0.409. The molecule has 0 bridgehead atoms. The molecule has 9 nitrogen and oxygen atoms in total. The zero-order valence-corrected chi connectivity index (χ0v) is 20.7. The Bertz CT molecular complexity index is 1330. The summed E-state index contributed by atoms with van der Waals surface area (Å²) in [5, 5.41) is 1.76. The summed E-state index contributed by atoms with van der Waals surface area (Å²) in [6.07, 6.45) is -4.28. The Morgan fingerprint density at radius 3 is 2.50 bits per heavy atom. The quantitative estimate of drug-likeness (QED) is 0.478. The summed E-state index contributed by atoms with van der Waals surface area (Å²) in [7, 11) is -2.30. The second-order valence-corrected chi connectivity index (χ2v) is 11.4. The van der Waals surface area contributed by atoms with Gasteiger partial charge in [-0.1, -0.05) is 6.07 Å². The van der Waals surface area contributed by atoms with Crippen molar-refractivity contribution in [2.75, 3.05) is 24.8 Å². The maximum Gasteiger partial charge on any atom is 0.471 e. The summed E-state index contributed by atoms with van der Waals surface area (Å²) >= 11 is 0.600. The number of amides is 3. The lowest BCUT2D eigenvalue weighted by Gasteiger charge is -2.27. The van der Waals surface area contributed by atoms with Crippen LogP contribution >= 0.6 is 11.3 Å². The second-order valence-electron chi connectivity index (χ2n) is 8.17. The van der Waals surface area contributed by atoms with E-state index in [-0.39, 0.29) is 23.5 Å². The number of halogens is 3. The Balaban J connectivity index is 1.75. The maximum atomic E-state index is 13.4. The van der Waals surface area contributed by atoms with Gasteiger partial charge in [-0.3, -0.25) is 19.3 Å². The largest absolute Gasteiger partial charge is 0.493 e. The molecule has 1 saturated carbocycles. The normalized spacial score (nSPS) is 16.6. The molecule has 14 heteroatoms. The number of anilines is 1. The summed E-state index contributed by atoms with van der Waals surface area (Å²) in [5.41, 5.74) is -0.357. The average molecular weight is 547 g/mol.